The lowest BCUT2D eigenvalue weighted by Crippen LogP contribution is -2.29. The summed E-state index contributed by atoms with van der Waals surface area (Å²) in [5.41, 5.74) is 4.70. The van der Waals surface area contributed by atoms with E-state index < -0.39 is 11.9 Å². The molecule has 0 spiro atoms. The molecule has 1 atom stereocenters. The third-order valence-electron chi connectivity index (χ3n) is 5.05. The minimum Gasteiger partial charge on any atom is -0.461 e. The van der Waals surface area contributed by atoms with Crippen molar-refractivity contribution >= 4 is 17.4 Å². The monoisotopic (exact) mass is 370 g/mol. The number of hydrogen-bond acceptors (Lipinski definition) is 5. The van der Waals surface area contributed by atoms with Gasteiger partial charge in [-0.25, -0.2) is 4.79 Å². The van der Waals surface area contributed by atoms with Crippen LogP contribution in [-0.4, -0.2) is 18.4 Å². The average Bonchev–Trinajstić information content (AvgIpc) is 3.00. The van der Waals surface area contributed by atoms with Gasteiger partial charge in [0.2, 0.25) is 0 Å². The molecule has 0 saturated carbocycles. The van der Waals surface area contributed by atoms with Crippen LogP contribution in [0.3, 0.4) is 0 Å². The van der Waals surface area contributed by atoms with Gasteiger partial charge in [-0.3, -0.25) is 4.79 Å². The van der Waals surface area contributed by atoms with Gasteiger partial charge in [0.15, 0.2) is 5.78 Å². The fourth-order valence-electron chi connectivity index (χ4n) is 3.85. The van der Waals surface area contributed by atoms with Crippen LogP contribution in [0.2, 0.25) is 0 Å². The number of dihydropyridines is 1. The Morgan fingerprint density at radius 3 is 2.50 bits per heavy atom. The zero-order chi connectivity index (χ0) is 19.7. The van der Waals surface area contributed by atoms with E-state index in [0.717, 1.165) is 16.8 Å². The van der Waals surface area contributed by atoms with Gasteiger partial charge in [-0.1, -0.05) is 54.6 Å². The Morgan fingerprint density at radius 1 is 1.11 bits per heavy atom. The lowest BCUT2D eigenvalue weighted by atomic mass is 9.80. The average molecular weight is 370 g/mol. The van der Waals surface area contributed by atoms with Crippen molar-refractivity contribution in [3.05, 3.63) is 88.1 Å². The number of carbonyl (C=O) groups excluding carboxylic acids is 2. The van der Waals surface area contributed by atoms with Crippen molar-refractivity contribution in [2.45, 2.75) is 19.3 Å². The maximum atomic E-state index is 13.2. The first-order valence-electron chi connectivity index (χ1n) is 9.08. The molecule has 5 heteroatoms. The highest BCUT2D eigenvalue weighted by Gasteiger charge is 2.42. The molecule has 1 aliphatic carbocycles. The van der Waals surface area contributed by atoms with Crippen molar-refractivity contribution in [1.82, 2.24) is 5.32 Å². The van der Waals surface area contributed by atoms with E-state index in [0.29, 0.717) is 22.4 Å². The Bertz CT molecular complexity index is 1070. The number of Topliss-reactive ketones (excluding diaryl/α,β-unsaturated/α-hetero) is 1. The molecule has 1 N–H and O–H groups in total. The number of benzene rings is 2. The number of hydrogen-bond donors (Lipinski definition) is 1. The lowest BCUT2D eigenvalue weighted by molar-refractivity contribution is -0.139. The van der Waals surface area contributed by atoms with Crippen molar-refractivity contribution in [2.75, 3.05) is 6.61 Å². The second kappa shape index (κ2) is 7.16. The zero-order valence-electron chi connectivity index (χ0n) is 15.4. The first-order chi connectivity index (χ1) is 13.6. The van der Waals surface area contributed by atoms with Gasteiger partial charge in [0.05, 0.1) is 23.8 Å². The number of rotatable bonds is 4. The summed E-state index contributed by atoms with van der Waals surface area (Å²) < 4.78 is 5.31. The minimum atomic E-state index is -0.521. The predicted octanol–water partition coefficient (Wildman–Crippen LogP) is 3.71. The fraction of sp³-hybridized carbons (Fsp3) is 0.174. The van der Waals surface area contributed by atoms with Gasteiger partial charge in [0.25, 0.3) is 0 Å². The van der Waals surface area contributed by atoms with Crippen LogP contribution in [0, 0.1) is 11.3 Å². The number of allylic oxidation sites excluding steroid dienone is 2. The summed E-state index contributed by atoms with van der Waals surface area (Å²) >= 11 is 0. The number of nitrogens with one attached hydrogen (secondary N) is 1. The molecule has 5 nitrogen and oxygen atoms in total. The Labute approximate surface area is 162 Å². The normalized spacial score (nSPS) is 17.6. The third kappa shape index (κ3) is 2.80. The summed E-state index contributed by atoms with van der Waals surface area (Å²) in [7, 11) is 0. The predicted molar refractivity (Wildman–Crippen MR) is 104 cm³/mol. The maximum absolute atomic E-state index is 13.2. The zero-order valence-corrected chi connectivity index (χ0v) is 15.4. The van der Waals surface area contributed by atoms with Gasteiger partial charge in [-0.2, -0.15) is 5.26 Å². The van der Waals surface area contributed by atoms with Crippen molar-refractivity contribution in [2.24, 2.45) is 0 Å². The summed E-state index contributed by atoms with van der Waals surface area (Å²) in [4.78, 5) is 26.1. The smallest absolute Gasteiger partial charge is 0.336 e. The molecular weight excluding hydrogens is 352 g/mol. The van der Waals surface area contributed by atoms with Crippen LogP contribution in [0.25, 0.3) is 5.70 Å². The van der Waals surface area contributed by atoms with Crippen LogP contribution < -0.4 is 5.32 Å². The summed E-state index contributed by atoms with van der Waals surface area (Å²) in [6.45, 7) is 1.83. The molecule has 4 rings (SSSR count). The number of ether oxygens (including phenoxy) is 1. The number of fused-ring (bicyclic) bond motifs is 2. The van der Waals surface area contributed by atoms with E-state index in [1.165, 1.54) is 0 Å². The second-order valence-corrected chi connectivity index (χ2v) is 6.71. The number of carbonyl (C=O) groups is 2. The van der Waals surface area contributed by atoms with Crippen LogP contribution in [0.5, 0.6) is 0 Å². The molecule has 0 fully saturated rings. The van der Waals surface area contributed by atoms with E-state index in [1.54, 1.807) is 6.07 Å². The Kier molecular flexibility index (Phi) is 4.54. The first kappa shape index (κ1) is 17.7. The van der Waals surface area contributed by atoms with Gasteiger partial charge in [0, 0.05) is 28.3 Å². The minimum absolute atomic E-state index is 0.0215. The largest absolute Gasteiger partial charge is 0.461 e. The van der Waals surface area contributed by atoms with Crippen molar-refractivity contribution in [3.63, 3.8) is 0 Å². The van der Waals surface area contributed by atoms with Gasteiger partial charge >= 0.3 is 5.97 Å². The molecule has 1 aliphatic heterocycles. The van der Waals surface area contributed by atoms with Crippen molar-refractivity contribution in [3.8, 4) is 6.07 Å². The number of ketones is 1. The van der Waals surface area contributed by atoms with Crippen molar-refractivity contribution < 1.29 is 14.3 Å². The van der Waals surface area contributed by atoms with Gasteiger partial charge < -0.3 is 10.1 Å². The summed E-state index contributed by atoms with van der Waals surface area (Å²) in [6, 6.07) is 18.9. The molecule has 0 amide bonds. The molecule has 0 unspecified atom stereocenters. The van der Waals surface area contributed by atoms with Crippen LogP contribution in [0.1, 0.15) is 40.7 Å². The quantitative estimate of drug-likeness (QED) is 0.656. The highest BCUT2D eigenvalue weighted by Crippen LogP contribution is 2.46. The van der Waals surface area contributed by atoms with E-state index in [2.05, 4.69) is 5.32 Å². The van der Waals surface area contributed by atoms with Crippen LogP contribution in [0.4, 0.5) is 0 Å². The number of nitrogens with zero attached hydrogens (tertiary/aromatic N) is 1. The second-order valence-electron chi connectivity index (χ2n) is 6.71. The standard InChI is InChI=1S/C23H18N2O3/c1-14-18(23(27)28-13-7-12-24)19(15-8-3-2-4-9-15)20-21(25-14)16-10-5-6-11-17(16)22(20)26/h2-6,8-11,19,25H,7,13H2,1H3/t19-/m1/s1. The summed E-state index contributed by atoms with van der Waals surface area (Å²) in [5, 5.41) is 12.0. The first-order valence-corrected chi connectivity index (χ1v) is 9.08. The van der Waals surface area contributed by atoms with E-state index in [1.807, 2.05) is 61.5 Å². The molecule has 2 aliphatic rings. The molecule has 0 saturated heterocycles. The van der Waals surface area contributed by atoms with Crippen LogP contribution in [0.15, 0.2) is 71.4 Å². The number of esters is 1. The number of nitriles is 1. The molecule has 0 radical (unpaired) electrons. The van der Waals surface area contributed by atoms with Crippen LogP contribution >= 0.6 is 0 Å². The molecule has 2 aromatic rings. The lowest BCUT2D eigenvalue weighted by Gasteiger charge is -2.29. The SMILES string of the molecule is CC1=C(C(=O)OCCC#N)[C@@H](c2ccccc2)C2=C(N1)c1ccccc1C2=O. The maximum Gasteiger partial charge on any atom is 0.336 e. The van der Waals surface area contributed by atoms with Crippen LogP contribution in [-0.2, 0) is 9.53 Å². The summed E-state index contributed by atoms with van der Waals surface area (Å²) in [5.74, 6) is -1.11. The Morgan fingerprint density at radius 2 is 1.79 bits per heavy atom. The topological polar surface area (TPSA) is 79.2 Å². The molecule has 2 aromatic carbocycles. The van der Waals surface area contributed by atoms with E-state index in [4.69, 9.17) is 10.00 Å². The van der Waals surface area contributed by atoms with E-state index in [-0.39, 0.29) is 18.8 Å². The molecular formula is C23H18N2O3. The van der Waals surface area contributed by atoms with Gasteiger partial charge in [0.1, 0.15) is 6.61 Å². The summed E-state index contributed by atoms with van der Waals surface area (Å²) in [6.07, 6.45) is 0.125. The molecule has 28 heavy (non-hydrogen) atoms. The Balaban J connectivity index is 1.84. The highest BCUT2D eigenvalue weighted by atomic mass is 16.5. The Hall–Kier alpha value is -3.65. The third-order valence-corrected chi connectivity index (χ3v) is 5.05. The molecule has 0 aromatic heterocycles. The van der Waals surface area contributed by atoms with E-state index in [9.17, 15) is 9.59 Å². The van der Waals surface area contributed by atoms with Crippen molar-refractivity contribution in [1.29, 1.82) is 5.26 Å². The highest BCUT2D eigenvalue weighted by molar-refractivity contribution is 6.23. The molecule has 0 bridgehead atoms. The molecule has 1 heterocycles. The van der Waals surface area contributed by atoms with Gasteiger partial charge in [-0.05, 0) is 12.5 Å². The van der Waals surface area contributed by atoms with Gasteiger partial charge in [-0.15, -0.1) is 0 Å². The van der Waals surface area contributed by atoms with E-state index >= 15 is 0 Å². The molecule has 138 valence electrons. The fourth-order valence-corrected chi connectivity index (χ4v) is 3.85.